The average Bonchev–Trinajstić information content (AvgIpc) is 2.59. The van der Waals surface area contributed by atoms with Crippen LogP contribution in [0.3, 0.4) is 0 Å². The molecule has 0 aliphatic rings. The van der Waals surface area contributed by atoms with E-state index >= 15 is 0 Å². The number of carbonyl (C=O) groups excluding carboxylic acids is 3. The Morgan fingerprint density at radius 2 is 1.81 bits per heavy atom. The maximum Gasteiger partial charge on any atom is 0.410 e. The molecule has 0 aromatic heterocycles. The summed E-state index contributed by atoms with van der Waals surface area (Å²) in [4.78, 5) is 34.4. The van der Waals surface area contributed by atoms with Crippen LogP contribution >= 0.6 is 0 Å². The normalized spacial score (nSPS) is 11.4. The van der Waals surface area contributed by atoms with E-state index in [0.717, 1.165) is 0 Å². The van der Waals surface area contributed by atoms with Gasteiger partial charge in [-0.25, -0.2) is 10.6 Å². The summed E-state index contributed by atoms with van der Waals surface area (Å²) in [6, 6.07) is 7.01. The first-order valence-electron chi connectivity index (χ1n) is 8.18. The molecule has 1 atom stereocenters. The molecule has 0 fully saturated rings. The molecule has 1 aromatic carbocycles. The van der Waals surface area contributed by atoms with Crippen molar-refractivity contribution in [2.45, 2.75) is 33.5 Å². The highest BCUT2D eigenvalue weighted by molar-refractivity contribution is 5.78. The summed E-state index contributed by atoms with van der Waals surface area (Å²) in [5, 5.41) is 2.48. The van der Waals surface area contributed by atoms with E-state index in [1.165, 1.54) is 6.92 Å². The summed E-state index contributed by atoms with van der Waals surface area (Å²) >= 11 is 0. The Balaban J connectivity index is 2.35. The van der Waals surface area contributed by atoms with E-state index in [0.29, 0.717) is 11.3 Å². The molecule has 1 rings (SSSR count). The van der Waals surface area contributed by atoms with Gasteiger partial charge in [0.05, 0.1) is 18.9 Å². The van der Waals surface area contributed by atoms with Gasteiger partial charge in [0.1, 0.15) is 12.4 Å². The van der Waals surface area contributed by atoms with E-state index in [9.17, 15) is 14.4 Å². The molecule has 0 saturated heterocycles. The van der Waals surface area contributed by atoms with Crippen molar-refractivity contribution in [1.82, 2.24) is 10.7 Å². The highest BCUT2D eigenvalue weighted by Crippen LogP contribution is 2.18. The minimum atomic E-state index is -0.985. The Labute approximate surface area is 152 Å². The Bertz CT molecular complexity index is 620. The molecular formula is C17H25N3O6. The number of benzene rings is 1. The second kappa shape index (κ2) is 10.9. The number of para-hydroxylation sites is 1. The van der Waals surface area contributed by atoms with Gasteiger partial charge in [-0.15, -0.1) is 0 Å². The zero-order valence-electron chi connectivity index (χ0n) is 15.1. The van der Waals surface area contributed by atoms with E-state index in [1.807, 2.05) is 0 Å². The lowest BCUT2D eigenvalue weighted by Crippen LogP contribution is -2.33. The Kier molecular flexibility index (Phi) is 8.93. The Morgan fingerprint density at radius 3 is 2.46 bits per heavy atom. The van der Waals surface area contributed by atoms with Crippen molar-refractivity contribution in [3.8, 4) is 5.75 Å². The van der Waals surface area contributed by atoms with Gasteiger partial charge in [-0.2, -0.15) is 0 Å². The maximum absolute atomic E-state index is 11.6. The average molecular weight is 367 g/mol. The molecule has 144 valence electrons. The predicted octanol–water partition coefficient (Wildman–Crippen LogP) is 0.869. The molecule has 0 heterocycles. The molecule has 1 aromatic rings. The van der Waals surface area contributed by atoms with Gasteiger partial charge in [0.15, 0.2) is 0 Å². The number of nitrogens with two attached hydrogens (primary N) is 1. The molecule has 0 radical (unpaired) electrons. The number of carbonyl (C=O) groups is 3. The number of hydrogen-bond acceptors (Lipinski definition) is 7. The molecule has 0 bridgehead atoms. The molecule has 9 heteroatoms. The third kappa shape index (κ3) is 7.84. The molecule has 26 heavy (non-hydrogen) atoms. The Hall–Kier alpha value is -2.81. The number of hydrazine groups is 1. The standard InChI is InChI=1S/C17H25N3O6/c1-11(2)16(22)25-12(3)26-17(23)19-8-9-24-14-7-5-4-6-13(14)10-15(21)20-18/h4-7,11-12H,8-10,18H2,1-3H3,(H,19,23)(H,20,21). The number of nitrogens with one attached hydrogen (secondary N) is 2. The van der Waals surface area contributed by atoms with E-state index in [2.05, 4.69) is 10.7 Å². The van der Waals surface area contributed by atoms with Crippen LogP contribution in [-0.2, 0) is 25.5 Å². The third-order valence-corrected chi connectivity index (χ3v) is 3.14. The molecule has 4 N–H and O–H groups in total. The lowest BCUT2D eigenvalue weighted by Gasteiger charge is -2.16. The van der Waals surface area contributed by atoms with Crippen LogP contribution in [0.2, 0.25) is 0 Å². The van der Waals surface area contributed by atoms with Crippen LogP contribution in [0.5, 0.6) is 5.75 Å². The van der Waals surface area contributed by atoms with Crippen LogP contribution in [0.1, 0.15) is 26.3 Å². The van der Waals surface area contributed by atoms with Crippen LogP contribution in [0.25, 0.3) is 0 Å². The van der Waals surface area contributed by atoms with Crippen molar-refractivity contribution < 1.29 is 28.6 Å². The number of alkyl carbamates (subject to hydrolysis) is 1. The van der Waals surface area contributed by atoms with Crippen LogP contribution in [0.4, 0.5) is 4.79 Å². The predicted molar refractivity (Wildman–Crippen MR) is 92.8 cm³/mol. The minimum absolute atomic E-state index is 0.0842. The third-order valence-electron chi connectivity index (χ3n) is 3.14. The first kappa shape index (κ1) is 21.2. The van der Waals surface area contributed by atoms with E-state index in [-0.39, 0.29) is 31.4 Å². The second-order valence-corrected chi connectivity index (χ2v) is 5.69. The highest BCUT2D eigenvalue weighted by atomic mass is 16.7. The summed E-state index contributed by atoms with van der Waals surface area (Å²) in [6.07, 6.45) is -1.63. The van der Waals surface area contributed by atoms with Crippen LogP contribution < -0.4 is 21.3 Å². The quantitative estimate of drug-likeness (QED) is 0.147. The molecule has 0 aliphatic carbocycles. The fraction of sp³-hybridized carbons (Fsp3) is 0.471. The molecule has 9 nitrogen and oxygen atoms in total. The lowest BCUT2D eigenvalue weighted by molar-refractivity contribution is -0.168. The van der Waals surface area contributed by atoms with Crippen molar-refractivity contribution in [2.24, 2.45) is 11.8 Å². The van der Waals surface area contributed by atoms with Crippen molar-refractivity contribution in [1.29, 1.82) is 0 Å². The van der Waals surface area contributed by atoms with Gasteiger partial charge in [-0.1, -0.05) is 32.0 Å². The molecule has 1 unspecified atom stereocenters. The van der Waals surface area contributed by atoms with Crippen molar-refractivity contribution >= 4 is 18.0 Å². The molecule has 0 saturated carbocycles. The van der Waals surface area contributed by atoms with Gasteiger partial charge in [0.25, 0.3) is 0 Å². The maximum atomic E-state index is 11.6. The van der Waals surface area contributed by atoms with Gasteiger partial charge < -0.3 is 19.5 Å². The zero-order valence-corrected chi connectivity index (χ0v) is 15.1. The lowest BCUT2D eigenvalue weighted by atomic mass is 10.1. The minimum Gasteiger partial charge on any atom is -0.491 e. The number of rotatable bonds is 9. The first-order valence-corrected chi connectivity index (χ1v) is 8.18. The molecule has 0 aliphatic heterocycles. The molecular weight excluding hydrogens is 342 g/mol. The zero-order chi connectivity index (χ0) is 19.5. The summed E-state index contributed by atoms with van der Waals surface area (Å²) in [5.74, 6) is 4.50. The fourth-order valence-electron chi connectivity index (χ4n) is 1.84. The van der Waals surface area contributed by atoms with Gasteiger partial charge in [-0.3, -0.25) is 15.0 Å². The Morgan fingerprint density at radius 1 is 1.12 bits per heavy atom. The van der Waals surface area contributed by atoms with Crippen molar-refractivity contribution in [3.05, 3.63) is 29.8 Å². The van der Waals surface area contributed by atoms with Crippen LogP contribution in [0.15, 0.2) is 24.3 Å². The topological polar surface area (TPSA) is 129 Å². The number of ether oxygens (including phenoxy) is 3. The highest BCUT2D eigenvalue weighted by Gasteiger charge is 2.16. The van der Waals surface area contributed by atoms with Gasteiger partial charge in [-0.05, 0) is 6.07 Å². The summed E-state index contributed by atoms with van der Waals surface area (Å²) < 4.78 is 15.4. The first-order chi connectivity index (χ1) is 12.3. The van der Waals surface area contributed by atoms with Crippen LogP contribution in [0, 0.1) is 5.92 Å². The van der Waals surface area contributed by atoms with Gasteiger partial charge in [0, 0.05) is 12.5 Å². The second-order valence-electron chi connectivity index (χ2n) is 5.69. The number of esters is 1. The van der Waals surface area contributed by atoms with E-state index < -0.39 is 18.4 Å². The molecule has 2 amide bonds. The number of hydrogen-bond donors (Lipinski definition) is 3. The smallest absolute Gasteiger partial charge is 0.410 e. The van der Waals surface area contributed by atoms with Gasteiger partial charge in [0.2, 0.25) is 12.2 Å². The number of amides is 2. The van der Waals surface area contributed by atoms with E-state index in [1.54, 1.807) is 38.1 Å². The SMILES string of the molecule is CC(OC(=O)NCCOc1ccccc1CC(=O)NN)OC(=O)C(C)C. The summed E-state index contributed by atoms with van der Waals surface area (Å²) in [5.41, 5.74) is 2.73. The van der Waals surface area contributed by atoms with E-state index in [4.69, 9.17) is 20.1 Å². The van der Waals surface area contributed by atoms with Crippen molar-refractivity contribution in [3.63, 3.8) is 0 Å². The van der Waals surface area contributed by atoms with Crippen LogP contribution in [-0.4, -0.2) is 37.4 Å². The molecule has 0 spiro atoms. The summed E-state index contributed by atoms with van der Waals surface area (Å²) in [7, 11) is 0. The largest absolute Gasteiger partial charge is 0.491 e. The summed E-state index contributed by atoms with van der Waals surface area (Å²) in [6.45, 7) is 5.15. The van der Waals surface area contributed by atoms with Crippen molar-refractivity contribution in [2.75, 3.05) is 13.2 Å². The fourth-order valence-corrected chi connectivity index (χ4v) is 1.84. The monoisotopic (exact) mass is 367 g/mol. The van der Waals surface area contributed by atoms with Gasteiger partial charge >= 0.3 is 12.1 Å².